The van der Waals surface area contributed by atoms with E-state index in [4.69, 9.17) is 0 Å². The Bertz CT molecular complexity index is 393. The zero-order valence-electron chi connectivity index (χ0n) is 10.8. The van der Waals surface area contributed by atoms with Gasteiger partial charge in [-0.05, 0) is 30.5 Å². The standard InChI is InChI=1S/C13H19FN2O/c1-9-5-11(6-10(2)13(9)14)7-15-8-12(17)16(3)4/h5-6,15H,7-8H2,1-4H3. The van der Waals surface area contributed by atoms with Crippen molar-refractivity contribution in [2.24, 2.45) is 0 Å². The zero-order valence-corrected chi connectivity index (χ0v) is 10.8. The number of halogens is 1. The van der Waals surface area contributed by atoms with Gasteiger partial charge in [-0.2, -0.15) is 0 Å². The van der Waals surface area contributed by atoms with Crippen LogP contribution in [0.25, 0.3) is 0 Å². The topological polar surface area (TPSA) is 32.3 Å². The van der Waals surface area contributed by atoms with Crippen LogP contribution in [0.4, 0.5) is 4.39 Å². The lowest BCUT2D eigenvalue weighted by Gasteiger charge is -2.11. The number of hydrogen-bond acceptors (Lipinski definition) is 2. The van der Waals surface area contributed by atoms with Crippen molar-refractivity contribution in [1.29, 1.82) is 0 Å². The van der Waals surface area contributed by atoms with Crippen LogP contribution in [0.15, 0.2) is 12.1 Å². The molecular formula is C13H19FN2O. The highest BCUT2D eigenvalue weighted by Crippen LogP contribution is 2.14. The molecule has 0 fully saturated rings. The molecule has 1 N–H and O–H groups in total. The molecule has 0 radical (unpaired) electrons. The van der Waals surface area contributed by atoms with Gasteiger partial charge in [-0.25, -0.2) is 4.39 Å². The molecule has 0 spiro atoms. The number of nitrogens with one attached hydrogen (secondary N) is 1. The van der Waals surface area contributed by atoms with E-state index in [-0.39, 0.29) is 11.7 Å². The number of amides is 1. The number of carbonyl (C=O) groups is 1. The van der Waals surface area contributed by atoms with Gasteiger partial charge in [-0.1, -0.05) is 12.1 Å². The van der Waals surface area contributed by atoms with Crippen molar-refractivity contribution in [2.45, 2.75) is 20.4 Å². The zero-order chi connectivity index (χ0) is 13.0. The summed E-state index contributed by atoms with van der Waals surface area (Å²) in [6.07, 6.45) is 0. The van der Waals surface area contributed by atoms with Crippen LogP contribution in [0.2, 0.25) is 0 Å². The van der Waals surface area contributed by atoms with Crippen LogP contribution in [-0.2, 0) is 11.3 Å². The predicted molar refractivity (Wildman–Crippen MR) is 66.3 cm³/mol. The Morgan fingerprint density at radius 3 is 2.29 bits per heavy atom. The first kappa shape index (κ1) is 13.6. The molecule has 0 bridgehead atoms. The fraction of sp³-hybridized carbons (Fsp3) is 0.462. The van der Waals surface area contributed by atoms with Crippen LogP contribution < -0.4 is 5.32 Å². The summed E-state index contributed by atoms with van der Waals surface area (Å²) in [4.78, 5) is 12.9. The van der Waals surface area contributed by atoms with Gasteiger partial charge < -0.3 is 10.2 Å². The predicted octanol–water partition coefficient (Wildman–Crippen LogP) is 1.62. The molecule has 0 aliphatic rings. The fourth-order valence-corrected chi connectivity index (χ4v) is 1.61. The molecule has 0 atom stereocenters. The van der Waals surface area contributed by atoms with Gasteiger partial charge in [0.1, 0.15) is 5.82 Å². The van der Waals surface area contributed by atoms with Crippen molar-refractivity contribution in [1.82, 2.24) is 10.2 Å². The van der Waals surface area contributed by atoms with Crippen molar-refractivity contribution >= 4 is 5.91 Å². The first-order chi connectivity index (χ1) is 7.91. The third kappa shape index (κ3) is 3.82. The minimum atomic E-state index is -0.155. The summed E-state index contributed by atoms with van der Waals surface area (Å²) in [5, 5.41) is 3.04. The van der Waals surface area contributed by atoms with E-state index in [1.54, 1.807) is 40.1 Å². The Morgan fingerprint density at radius 1 is 1.29 bits per heavy atom. The van der Waals surface area contributed by atoms with E-state index in [1.807, 2.05) is 0 Å². The molecule has 17 heavy (non-hydrogen) atoms. The lowest BCUT2D eigenvalue weighted by atomic mass is 10.1. The molecule has 1 amide bonds. The third-order valence-corrected chi connectivity index (χ3v) is 2.60. The summed E-state index contributed by atoms with van der Waals surface area (Å²) in [7, 11) is 3.44. The minimum absolute atomic E-state index is 0.0283. The first-order valence-electron chi connectivity index (χ1n) is 5.58. The van der Waals surface area contributed by atoms with Gasteiger partial charge in [0.15, 0.2) is 0 Å². The number of likely N-dealkylation sites (N-methyl/N-ethyl adjacent to an activating group) is 1. The molecule has 1 aromatic carbocycles. The van der Waals surface area contributed by atoms with Crippen LogP contribution in [0.5, 0.6) is 0 Å². The summed E-state index contributed by atoms with van der Waals surface area (Å²) >= 11 is 0. The van der Waals surface area contributed by atoms with Gasteiger partial charge in [0.05, 0.1) is 6.54 Å². The number of hydrogen-bond donors (Lipinski definition) is 1. The van der Waals surface area contributed by atoms with Crippen molar-refractivity contribution in [3.63, 3.8) is 0 Å². The van der Waals surface area contributed by atoms with E-state index >= 15 is 0 Å². The first-order valence-corrected chi connectivity index (χ1v) is 5.58. The third-order valence-electron chi connectivity index (χ3n) is 2.60. The second kappa shape index (κ2) is 5.77. The normalized spacial score (nSPS) is 10.4. The summed E-state index contributed by atoms with van der Waals surface area (Å²) in [6.45, 7) is 4.36. The molecule has 0 saturated heterocycles. The van der Waals surface area contributed by atoms with Crippen molar-refractivity contribution in [3.05, 3.63) is 34.6 Å². The minimum Gasteiger partial charge on any atom is -0.348 e. The largest absolute Gasteiger partial charge is 0.348 e. The number of rotatable bonds is 4. The Kier molecular flexibility index (Phi) is 4.63. The highest BCUT2D eigenvalue weighted by molar-refractivity contribution is 5.77. The Hall–Kier alpha value is -1.42. The molecule has 3 nitrogen and oxygen atoms in total. The summed E-state index contributed by atoms with van der Waals surface area (Å²) in [5.41, 5.74) is 2.27. The Labute approximate surface area is 102 Å². The van der Waals surface area contributed by atoms with E-state index in [0.717, 1.165) is 5.56 Å². The molecule has 0 unspecified atom stereocenters. The summed E-state index contributed by atoms with van der Waals surface area (Å²) < 4.78 is 13.4. The summed E-state index contributed by atoms with van der Waals surface area (Å²) in [6, 6.07) is 3.60. The molecule has 4 heteroatoms. The average molecular weight is 238 g/mol. The SMILES string of the molecule is Cc1cc(CNCC(=O)N(C)C)cc(C)c1F. The Balaban J connectivity index is 2.56. The number of nitrogens with zero attached hydrogens (tertiary/aromatic N) is 1. The lowest BCUT2D eigenvalue weighted by molar-refractivity contribution is -0.127. The van der Waals surface area contributed by atoms with Gasteiger partial charge >= 0.3 is 0 Å². The van der Waals surface area contributed by atoms with E-state index in [0.29, 0.717) is 24.2 Å². The van der Waals surface area contributed by atoms with Gasteiger partial charge in [0.2, 0.25) is 5.91 Å². The maximum Gasteiger partial charge on any atom is 0.236 e. The van der Waals surface area contributed by atoms with Gasteiger partial charge in [-0.3, -0.25) is 4.79 Å². The summed E-state index contributed by atoms with van der Waals surface area (Å²) in [5.74, 6) is -0.126. The molecule has 0 saturated carbocycles. The van der Waals surface area contributed by atoms with Crippen LogP contribution in [0.1, 0.15) is 16.7 Å². The van der Waals surface area contributed by atoms with Crippen LogP contribution in [0, 0.1) is 19.7 Å². The maximum atomic E-state index is 13.4. The second-order valence-corrected chi connectivity index (χ2v) is 4.44. The second-order valence-electron chi connectivity index (χ2n) is 4.44. The highest BCUT2D eigenvalue weighted by atomic mass is 19.1. The monoisotopic (exact) mass is 238 g/mol. The molecule has 1 rings (SSSR count). The molecule has 1 aromatic rings. The number of benzene rings is 1. The van der Waals surface area contributed by atoms with Crippen molar-refractivity contribution in [3.8, 4) is 0 Å². The average Bonchev–Trinajstić information content (AvgIpc) is 2.25. The highest BCUT2D eigenvalue weighted by Gasteiger charge is 2.06. The molecule has 0 aromatic heterocycles. The van der Waals surface area contributed by atoms with Gasteiger partial charge in [-0.15, -0.1) is 0 Å². The molecule has 0 aliphatic carbocycles. The van der Waals surface area contributed by atoms with Crippen LogP contribution >= 0.6 is 0 Å². The molecule has 0 heterocycles. The van der Waals surface area contributed by atoms with Gasteiger partial charge in [0.25, 0.3) is 0 Å². The Morgan fingerprint density at radius 2 is 1.82 bits per heavy atom. The number of carbonyl (C=O) groups excluding carboxylic acids is 1. The van der Waals surface area contributed by atoms with Crippen LogP contribution in [-0.4, -0.2) is 31.4 Å². The van der Waals surface area contributed by atoms with E-state index in [2.05, 4.69) is 5.32 Å². The molecular weight excluding hydrogens is 219 g/mol. The molecule has 94 valence electrons. The molecule has 0 aliphatic heterocycles. The number of aryl methyl sites for hydroxylation is 2. The lowest BCUT2D eigenvalue weighted by Crippen LogP contribution is -2.32. The van der Waals surface area contributed by atoms with E-state index < -0.39 is 0 Å². The van der Waals surface area contributed by atoms with Gasteiger partial charge in [0, 0.05) is 20.6 Å². The van der Waals surface area contributed by atoms with Crippen molar-refractivity contribution in [2.75, 3.05) is 20.6 Å². The fourth-order valence-electron chi connectivity index (χ4n) is 1.61. The van der Waals surface area contributed by atoms with Crippen LogP contribution in [0.3, 0.4) is 0 Å². The van der Waals surface area contributed by atoms with E-state index in [9.17, 15) is 9.18 Å². The quantitative estimate of drug-likeness (QED) is 0.864. The maximum absolute atomic E-state index is 13.4. The van der Waals surface area contributed by atoms with Crippen molar-refractivity contribution < 1.29 is 9.18 Å². The smallest absolute Gasteiger partial charge is 0.236 e. The van der Waals surface area contributed by atoms with E-state index in [1.165, 1.54) is 4.90 Å².